The van der Waals surface area contributed by atoms with Crippen LogP contribution in [-0.2, 0) is 0 Å². The van der Waals surface area contributed by atoms with Crippen molar-refractivity contribution in [3.05, 3.63) is 42.5 Å². The van der Waals surface area contributed by atoms with Crippen LogP contribution in [0.2, 0.25) is 0 Å². The van der Waals surface area contributed by atoms with Crippen LogP contribution in [0.4, 0.5) is 8.78 Å². The van der Waals surface area contributed by atoms with Crippen LogP contribution in [0.3, 0.4) is 0 Å². The Labute approximate surface area is 106 Å². The van der Waals surface area contributed by atoms with E-state index >= 15 is 0 Å². The molecule has 1 rings (SSSR count). The number of nitrogens with two attached hydrogens (primary N) is 1. The number of hydrogen-bond donors (Lipinski definition) is 1. The molecule has 0 saturated carbocycles. The summed E-state index contributed by atoms with van der Waals surface area (Å²) in [6, 6.07) is 6.29. The first-order valence-corrected chi connectivity index (χ1v) is 5.04. The van der Waals surface area contributed by atoms with Crippen molar-refractivity contribution in [1.82, 2.24) is 0 Å². The maximum absolute atomic E-state index is 12.0. The van der Waals surface area contributed by atoms with E-state index in [2.05, 4.69) is 11.3 Å². The fourth-order valence-electron chi connectivity index (χ4n) is 1.39. The fourth-order valence-corrected chi connectivity index (χ4v) is 1.39. The lowest BCUT2D eigenvalue weighted by Crippen LogP contribution is -2.10. The Hall–Kier alpha value is -1.13. The molecule has 2 nitrogen and oxygen atoms in total. The Morgan fingerprint density at radius 1 is 1.41 bits per heavy atom. The van der Waals surface area contributed by atoms with Crippen LogP contribution in [0.5, 0.6) is 5.75 Å². The Morgan fingerprint density at radius 2 is 2.12 bits per heavy atom. The average molecular weight is 264 g/mol. The highest BCUT2D eigenvalue weighted by atomic mass is 35.5. The van der Waals surface area contributed by atoms with Gasteiger partial charge in [0, 0.05) is 6.04 Å². The first kappa shape index (κ1) is 15.9. The summed E-state index contributed by atoms with van der Waals surface area (Å²) in [5.41, 5.74) is 6.68. The van der Waals surface area contributed by atoms with Crippen LogP contribution in [0, 0.1) is 0 Å². The van der Waals surface area contributed by atoms with Gasteiger partial charge in [0.1, 0.15) is 5.75 Å². The zero-order valence-corrected chi connectivity index (χ0v) is 10.1. The van der Waals surface area contributed by atoms with E-state index in [1.807, 2.05) is 0 Å². The van der Waals surface area contributed by atoms with Gasteiger partial charge in [-0.1, -0.05) is 18.2 Å². The number of alkyl halides is 2. The summed E-state index contributed by atoms with van der Waals surface area (Å²) in [6.45, 7) is 0.798. The monoisotopic (exact) mass is 263 g/mol. The number of ether oxygens (including phenoxy) is 1. The first-order chi connectivity index (χ1) is 7.63. The third-order valence-corrected chi connectivity index (χ3v) is 2.19. The maximum atomic E-state index is 12.0. The summed E-state index contributed by atoms with van der Waals surface area (Å²) in [4.78, 5) is 0. The summed E-state index contributed by atoms with van der Waals surface area (Å²) in [5.74, 6) is 0.140. The second-order valence-electron chi connectivity index (χ2n) is 3.42. The average Bonchev–Trinajstić information content (AvgIpc) is 2.25. The van der Waals surface area contributed by atoms with Gasteiger partial charge >= 0.3 is 6.61 Å². The molecule has 0 radical (unpaired) electrons. The van der Waals surface area contributed by atoms with Crippen LogP contribution in [0.15, 0.2) is 36.9 Å². The fraction of sp³-hybridized carbons (Fsp3) is 0.333. The van der Waals surface area contributed by atoms with Crippen molar-refractivity contribution in [3.8, 4) is 5.75 Å². The molecule has 5 heteroatoms. The van der Waals surface area contributed by atoms with Gasteiger partial charge < -0.3 is 10.5 Å². The van der Waals surface area contributed by atoms with Crippen LogP contribution in [-0.4, -0.2) is 6.61 Å². The number of benzene rings is 1. The molecule has 0 saturated heterocycles. The van der Waals surface area contributed by atoms with Crippen molar-refractivity contribution in [2.24, 2.45) is 5.73 Å². The molecule has 2 N–H and O–H groups in total. The van der Waals surface area contributed by atoms with Crippen molar-refractivity contribution in [1.29, 1.82) is 0 Å². The van der Waals surface area contributed by atoms with Crippen molar-refractivity contribution < 1.29 is 13.5 Å². The summed E-state index contributed by atoms with van der Waals surface area (Å²) in [6.07, 6.45) is 3.31. The van der Waals surface area contributed by atoms with E-state index in [1.165, 1.54) is 6.07 Å². The standard InChI is InChI=1S/C12H15F2NO.ClH/c1-2-3-7-11(15)9-5-4-6-10(8-9)16-12(13)14;/h2,4-6,8,11-12H,1,3,7,15H2;1H/t11-;/m1./s1. The van der Waals surface area contributed by atoms with Gasteiger partial charge in [-0.05, 0) is 30.5 Å². The van der Waals surface area contributed by atoms with E-state index < -0.39 is 6.61 Å². The lowest BCUT2D eigenvalue weighted by atomic mass is 10.0. The zero-order chi connectivity index (χ0) is 12.0. The van der Waals surface area contributed by atoms with Gasteiger partial charge in [0.25, 0.3) is 0 Å². The van der Waals surface area contributed by atoms with Gasteiger partial charge in [-0.15, -0.1) is 19.0 Å². The highest BCUT2D eigenvalue weighted by Crippen LogP contribution is 2.22. The van der Waals surface area contributed by atoms with Crippen LogP contribution >= 0.6 is 12.4 Å². The topological polar surface area (TPSA) is 35.2 Å². The van der Waals surface area contributed by atoms with E-state index in [0.29, 0.717) is 0 Å². The maximum Gasteiger partial charge on any atom is 0.387 e. The Kier molecular flexibility index (Phi) is 7.50. The van der Waals surface area contributed by atoms with Gasteiger partial charge in [-0.3, -0.25) is 0 Å². The highest BCUT2D eigenvalue weighted by molar-refractivity contribution is 5.85. The Balaban J connectivity index is 0.00000256. The highest BCUT2D eigenvalue weighted by Gasteiger charge is 2.08. The number of rotatable bonds is 6. The smallest absolute Gasteiger partial charge is 0.387 e. The molecule has 0 aliphatic heterocycles. The summed E-state index contributed by atoms with van der Waals surface area (Å²) < 4.78 is 28.3. The van der Waals surface area contributed by atoms with E-state index in [4.69, 9.17) is 5.73 Å². The van der Waals surface area contributed by atoms with Crippen LogP contribution in [0.1, 0.15) is 24.4 Å². The van der Waals surface area contributed by atoms with Gasteiger partial charge in [0.05, 0.1) is 0 Å². The minimum atomic E-state index is -2.81. The van der Waals surface area contributed by atoms with Crippen molar-refractivity contribution >= 4 is 12.4 Å². The lowest BCUT2D eigenvalue weighted by Gasteiger charge is -2.12. The lowest BCUT2D eigenvalue weighted by molar-refractivity contribution is -0.0498. The summed E-state index contributed by atoms with van der Waals surface area (Å²) in [5, 5.41) is 0. The molecule has 0 spiro atoms. The van der Waals surface area contributed by atoms with Crippen LogP contribution in [0.25, 0.3) is 0 Å². The van der Waals surface area contributed by atoms with E-state index in [0.717, 1.165) is 18.4 Å². The van der Waals surface area contributed by atoms with Gasteiger partial charge in [0.15, 0.2) is 0 Å². The normalized spacial score (nSPS) is 11.8. The molecule has 1 aromatic rings. The third kappa shape index (κ3) is 5.65. The van der Waals surface area contributed by atoms with E-state index in [1.54, 1.807) is 24.3 Å². The number of hydrogen-bond acceptors (Lipinski definition) is 2. The Morgan fingerprint density at radius 3 is 2.71 bits per heavy atom. The van der Waals surface area contributed by atoms with Crippen molar-refractivity contribution in [2.75, 3.05) is 0 Å². The second kappa shape index (κ2) is 8.03. The van der Waals surface area contributed by atoms with Gasteiger partial charge in [-0.2, -0.15) is 8.78 Å². The Bertz CT molecular complexity index is 347. The number of halogens is 3. The molecule has 0 aromatic heterocycles. The van der Waals surface area contributed by atoms with Gasteiger partial charge in [0.2, 0.25) is 0 Å². The SMILES string of the molecule is C=CCC[C@@H](N)c1cccc(OC(F)F)c1.Cl. The molecular weight excluding hydrogens is 248 g/mol. The number of allylic oxidation sites excluding steroid dienone is 1. The first-order valence-electron chi connectivity index (χ1n) is 5.04. The molecule has 0 aliphatic carbocycles. The van der Waals surface area contributed by atoms with Gasteiger partial charge in [-0.25, -0.2) is 0 Å². The molecule has 17 heavy (non-hydrogen) atoms. The minimum absolute atomic E-state index is 0. The molecule has 0 unspecified atom stereocenters. The predicted molar refractivity (Wildman–Crippen MR) is 66.7 cm³/mol. The molecule has 0 aliphatic rings. The molecule has 0 amide bonds. The minimum Gasteiger partial charge on any atom is -0.435 e. The van der Waals surface area contributed by atoms with E-state index in [-0.39, 0.29) is 24.2 Å². The van der Waals surface area contributed by atoms with Crippen LogP contribution < -0.4 is 10.5 Å². The molecular formula is C12H16ClF2NO. The largest absolute Gasteiger partial charge is 0.435 e. The molecule has 0 heterocycles. The molecule has 1 atom stereocenters. The quantitative estimate of drug-likeness (QED) is 0.795. The van der Waals surface area contributed by atoms with E-state index in [9.17, 15) is 8.78 Å². The molecule has 1 aromatic carbocycles. The molecule has 0 bridgehead atoms. The third-order valence-electron chi connectivity index (χ3n) is 2.19. The predicted octanol–water partition coefficient (Wildman–Crippen LogP) is 3.68. The van der Waals surface area contributed by atoms with Crippen molar-refractivity contribution in [3.63, 3.8) is 0 Å². The summed E-state index contributed by atoms with van der Waals surface area (Å²) >= 11 is 0. The summed E-state index contributed by atoms with van der Waals surface area (Å²) in [7, 11) is 0. The van der Waals surface area contributed by atoms with Crippen molar-refractivity contribution in [2.45, 2.75) is 25.5 Å². The molecule has 96 valence electrons. The second-order valence-corrected chi connectivity index (χ2v) is 3.42. The zero-order valence-electron chi connectivity index (χ0n) is 9.31. The molecule has 0 fully saturated rings.